The standard InChI is InChI=1S/C14H13NO2/c16-14(13-9-4-10-15-13)17-11-5-8-12-6-2-1-3-7-12/h1-10,15H,11H2. The van der Waals surface area contributed by atoms with Gasteiger partial charge in [0.05, 0.1) is 0 Å². The number of H-pyrrole nitrogens is 1. The second-order valence-electron chi connectivity index (χ2n) is 3.50. The maximum absolute atomic E-state index is 11.4. The lowest BCUT2D eigenvalue weighted by molar-refractivity contribution is 0.0544. The van der Waals surface area contributed by atoms with Gasteiger partial charge in [-0.25, -0.2) is 4.79 Å². The van der Waals surface area contributed by atoms with Gasteiger partial charge in [0, 0.05) is 6.20 Å². The van der Waals surface area contributed by atoms with E-state index in [0.717, 1.165) is 5.56 Å². The highest BCUT2D eigenvalue weighted by atomic mass is 16.5. The minimum atomic E-state index is -0.340. The van der Waals surface area contributed by atoms with E-state index in [-0.39, 0.29) is 12.6 Å². The van der Waals surface area contributed by atoms with Crippen LogP contribution in [0.4, 0.5) is 0 Å². The Hall–Kier alpha value is -2.29. The SMILES string of the molecule is O=C(OCC=Cc1ccccc1)c1ccc[nH]1. The van der Waals surface area contributed by atoms with Crippen LogP contribution in [0.3, 0.4) is 0 Å². The Kier molecular flexibility index (Phi) is 3.76. The summed E-state index contributed by atoms with van der Waals surface area (Å²) in [4.78, 5) is 14.2. The number of esters is 1. The Morgan fingerprint density at radius 3 is 2.71 bits per heavy atom. The maximum atomic E-state index is 11.4. The van der Waals surface area contributed by atoms with Crippen LogP contribution in [-0.4, -0.2) is 17.6 Å². The summed E-state index contributed by atoms with van der Waals surface area (Å²) < 4.78 is 5.05. The first-order valence-corrected chi connectivity index (χ1v) is 5.38. The van der Waals surface area contributed by atoms with Crippen LogP contribution >= 0.6 is 0 Å². The van der Waals surface area contributed by atoms with Crippen LogP contribution in [0.25, 0.3) is 6.08 Å². The smallest absolute Gasteiger partial charge is 0.355 e. The number of ether oxygens (including phenoxy) is 1. The molecular formula is C14H13NO2. The number of aromatic amines is 1. The molecule has 0 aliphatic rings. The summed E-state index contributed by atoms with van der Waals surface area (Å²) in [7, 11) is 0. The highest BCUT2D eigenvalue weighted by molar-refractivity contribution is 5.87. The van der Waals surface area contributed by atoms with Gasteiger partial charge in [-0.1, -0.05) is 36.4 Å². The average Bonchev–Trinajstić information content (AvgIpc) is 2.89. The van der Waals surface area contributed by atoms with Gasteiger partial charge in [-0.2, -0.15) is 0 Å². The van der Waals surface area contributed by atoms with Crippen LogP contribution in [0.2, 0.25) is 0 Å². The van der Waals surface area contributed by atoms with E-state index in [1.807, 2.05) is 42.5 Å². The first-order chi connectivity index (χ1) is 8.36. The molecule has 1 aromatic carbocycles. The summed E-state index contributed by atoms with van der Waals surface area (Å²) in [5.41, 5.74) is 1.56. The lowest BCUT2D eigenvalue weighted by Gasteiger charge is -1.98. The molecule has 2 rings (SSSR count). The predicted molar refractivity (Wildman–Crippen MR) is 66.6 cm³/mol. The molecule has 0 unspecified atom stereocenters. The van der Waals surface area contributed by atoms with Crippen LogP contribution < -0.4 is 0 Å². The number of hydrogen-bond acceptors (Lipinski definition) is 2. The molecule has 0 saturated carbocycles. The Labute approximate surface area is 99.7 Å². The Balaban J connectivity index is 1.80. The molecule has 0 atom stereocenters. The number of carbonyl (C=O) groups is 1. The summed E-state index contributed by atoms with van der Waals surface area (Å²) in [5.74, 6) is -0.340. The van der Waals surface area contributed by atoms with Crippen molar-refractivity contribution in [3.8, 4) is 0 Å². The van der Waals surface area contributed by atoms with E-state index in [0.29, 0.717) is 5.69 Å². The van der Waals surface area contributed by atoms with Crippen molar-refractivity contribution in [1.29, 1.82) is 0 Å². The molecular weight excluding hydrogens is 214 g/mol. The van der Waals surface area contributed by atoms with E-state index >= 15 is 0 Å². The van der Waals surface area contributed by atoms with E-state index in [9.17, 15) is 4.79 Å². The summed E-state index contributed by atoms with van der Waals surface area (Å²) in [6.45, 7) is 0.271. The zero-order valence-electron chi connectivity index (χ0n) is 9.30. The lowest BCUT2D eigenvalue weighted by Crippen LogP contribution is -2.05. The number of nitrogens with one attached hydrogen (secondary N) is 1. The van der Waals surface area contributed by atoms with Crippen LogP contribution in [0, 0.1) is 0 Å². The topological polar surface area (TPSA) is 42.1 Å². The van der Waals surface area contributed by atoms with Crippen molar-refractivity contribution in [1.82, 2.24) is 4.98 Å². The summed E-state index contributed by atoms with van der Waals surface area (Å²) in [6.07, 6.45) is 5.43. The Morgan fingerprint density at radius 1 is 1.18 bits per heavy atom. The molecule has 0 aliphatic heterocycles. The molecule has 0 bridgehead atoms. The van der Waals surface area contributed by atoms with Gasteiger partial charge >= 0.3 is 5.97 Å². The first-order valence-electron chi connectivity index (χ1n) is 5.38. The third kappa shape index (κ3) is 3.34. The number of carbonyl (C=O) groups excluding carboxylic acids is 1. The number of benzene rings is 1. The summed E-state index contributed by atoms with van der Waals surface area (Å²) in [6, 6.07) is 13.3. The second-order valence-corrected chi connectivity index (χ2v) is 3.50. The van der Waals surface area contributed by atoms with Crippen molar-refractivity contribution in [2.75, 3.05) is 6.61 Å². The number of aromatic nitrogens is 1. The molecule has 0 aliphatic carbocycles. The Morgan fingerprint density at radius 2 is 2.00 bits per heavy atom. The van der Waals surface area contributed by atoms with Gasteiger partial charge in [0.2, 0.25) is 0 Å². The van der Waals surface area contributed by atoms with Gasteiger partial charge in [0.15, 0.2) is 0 Å². The fraction of sp³-hybridized carbons (Fsp3) is 0.0714. The van der Waals surface area contributed by atoms with Crippen molar-refractivity contribution in [3.63, 3.8) is 0 Å². The second kappa shape index (κ2) is 5.70. The van der Waals surface area contributed by atoms with E-state index in [2.05, 4.69) is 4.98 Å². The van der Waals surface area contributed by atoms with E-state index in [1.54, 1.807) is 18.3 Å². The van der Waals surface area contributed by atoms with Gasteiger partial charge in [-0.05, 0) is 23.8 Å². The Bertz CT molecular complexity index is 486. The maximum Gasteiger partial charge on any atom is 0.355 e. The highest BCUT2D eigenvalue weighted by Crippen LogP contribution is 2.01. The van der Waals surface area contributed by atoms with Gasteiger partial charge in [-0.15, -0.1) is 0 Å². The quantitative estimate of drug-likeness (QED) is 0.816. The molecule has 1 aromatic heterocycles. The zero-order chi connectivity index (χ0) is 11.9. The minimum Gasteiger partial charge on any atom is -0.457 e. The third-order valence-corrected chi connectivity index (χ3v) is 2.24. The monoisotopic (exact) mass is 227 g/mol. The molecule has 0 radical (unpaired) electrons. The molecule has 0 fully saturated rings. The first kappa shape index (κ1) is 11.2. The largest absolute Gasteiger partial charge is 0.457 e. The van der Waals surface area contributed by atoms with Crippen molar-refractivity contribution in [2.45, 2.75) is 0 Å². The van der Waals surface area contributed by atoms with Crippen LogP contribution in [0.1, 0.15) is 16.1 Å². The average molecular weight is 227 g/mol. The predicted octanol–water partition coefficient (Wildman–Crippen LogP) is 2.88. The van der Waals surface area contributed by atoms with Gasteiger partial charge < -0.3 is 9.72 Å². The third-order valence-electron chi connectivity index (χ3n) is 2.24. The molecule has 86 valence electrons. The molecule has 17 heavy (non-hydrogen) atoms. The molecule has 0 saturated heterocycles. The number of rotatable bonds is 4. The lowest BCUT2D eigenvalue weighted by atomic mass is 10.2. The molecule has 2 aromatic rings. The summed E-state index contributed by atoms with van der Waals surface area (Å²) in [5, 5.41) is 0. The van der Waals surface area contributed by atoms with E-state index in [4.69, 9.17) is 4.74 Å². The van der Waals surface area contributed by atoms with Crippen molar-refractivity contribution < 1.29 is 9.53 Å². The van der Waals surface area contributed by atoms with Gasteiger partial charge in [0.25, 0.3) is 0 Å². The number of hydrogen-bond donors (Lipinski definition) is 1. The van der Waals surface area contributed by atoms with E-state index < -0.39 is 0 Å². The zero-order valence-corrected chi connectivity index (χ0v) is 9.30. The summed E-state index contributed by atoms with van der Waals surface area (Å²) >= 11 is 0. The molecule has 0 spiro atoms. The normalized spacial score (nSPS) is 10.6. The van der Waals surface area contributed by atoms with E-state index in [1.165, 1.54) is 0 Å². The van der Waals surface area contributed by atoms with Crippen LogP contribution in [0.5, 0.6) is 0 Å². The minimum absolute atomic E-state index is 0.271. The highest BCUT2D eigenvalue weighted by Gasteiger charge is 2.04. The van der Waals surface area contributed by atoms with Crippen LogP contribution in [-0.2, 0) is 4.74 Å². The fourth-order valence-electron chi connectivity index (χ4n) is 1.41. The van der Waals surface area contributed by atoms with Crippen LogP contribution in [0.15, 0.2) is 54.7 Å². The molecule has 1 heterocycles. The van der Waals surface area contributed by atoms with Crippen molar-refractivity contribution >= 4 is 12.0 Å². The van der Waals surface area contributed by atoms with Crippen molar-refractivity contribution in [3.05, 3.63) is 66.0 Å². The fourth-order valence-corrected chi connectivity index (χ4v) is 1.41. The van der Waals surface area contributed by atoms with Crippen molar-refractivity contribution in [2.24, 2.45) is 0 Å². The molecule has 3 heteroatoms. The van der Waals surface area contributed by atoms with Gasteiger partial charge in [0.1, 0.15) is 12.3 Å². The van der Waals surface area contributed by atoms with Gasteiger partial charge in [-0.3, -0.25) is 0 Å². The molecule has 1 N–H and O–H groups in total. The molecule has 0 amide bonds. The molecule has 3 nitrogen and oxygen atoms in total.